The number of aromatic nitrogens is 2. The fourth-order valence-corrected chi connectivity index (χ4v) is 4.66. The number of amidine groups is 1. The van der Waals surface area contributed by atoms with Crippen molar-refractivity contribution in [3.63, 3.8) is 0 Å². The minimum Gasteiger partial charge on any atom is -0.383 e. The second-order valence-corrected chi connectivity index (χ2v) is 9.82. The molecule has 0 bridgehead atoms. The van der Waals surface area contributed by atoms with Crippen molar-refractivity contribution < 1.29 is 28.0 Å². The van der Waals surface area contributed by atoms with Crippen molar-refractivity contribution in [2.75, 3.05) is 12.8 Å². The molecule has 2 rings (SSSR count). The molecule has 1 aromatic rings. The number of phosphoric acid groups is 1. The van der Waals surface area contributed by atoms with E-state index in [1.54, 1.807) is 18.4 Å². The summed E-state index contributed by atoms with van der Waals surface area (Å²) in [5, 5.41) is 0. The lowest BCUT2D eigenvalue weighted by Gasteiger charge is -2.26. The largest absolute Gasteiger partial charge is 0.472 e. The van der Waals surface area contributed by atoms with Crippen LogP contribution in [0.15, 0.2) is 11.3 Å². The molecule has 0 radical (unpaired) electrons. The highest BCUT2D eigenvalue weighted by Crippen LogP contribution is 2.50. The van der Waals surface area contributed by atoms with E-state index < -0.39 is 44.6 Å². The predicted molar refractivity (Wildman–Crippen MR) is 121 cm³/mol. The number of methoxy groups -OCH3 is 1. The highest BCUT2D eigenvalue weighted by molar-refractivity contribution is 7.47. The van der Waals surface area contributed by atoms with Gasteiger partial charge in [-0.1, -0.05) is 20.8 Å². The summed E-state index contributed by atoms with van der Waals surface area (Å²) in [5.41, 5.74) is 18.4. The van der Waals surface area contributed by atoms with Gasteiger partial charge in [0.25, 0.3) is 0 Å². The maximum Gasteiger partial charge on any atom is 0.472 e. The molecule has 7 N–H and O–H groups in total. The number of ether oxygens (including phenoxy) is 2. The van der Waals surface area contributed by atoms with Crippen LogP contribution in [0.2, 0.25) is 0 Å². The van der Waals surface area contributed by atoms with Crippen molar-refractivity contribution in [1.82, 2.24) is 9.55 Å². The summed E-state index contributed by atoms with van der Waals surface area (Å²) in [7, 11) is -2.90. The average Bonchev–Trinajstić information content (AvgIpc) is 3.19. The van der Waals surface area contributed by atoms with Crippen LogP contribution in [0.3, 0.4) is 0 Å². The zero-order valence-corrected chi connectivity index (χ0v) is 20.4. The lowest BCUT2D eigenvalue weighted by Crippen LogP contribution is -2.36. The van der Waals surface area contributed by atoms with Crippen molar-refractivity contribution in [2.24, 2.45) is 22.4 Å². The van der Waals surface area contributed by atoms with Crippen molar-refractivity contribution in [3.05, 3.63) is 12.0 Å². The van der Waals surface area contributed by atoms with E-state index in [-0.39, 0.29) is 23.3 Å². The SMILES string of the molecule is CCC(N)/N=C(/N)c1ncn([C@@H]2O[C@H](CC(C)C)[C@H](OP(=O)(O)OC(C)C)[C@@H]2OC)c1N. The van der Waals surface area contributed by atoms with Crippen LogP contribution in [-0.4, -0.2) is 58.0 Å². The molecule has 184 valence electrons. The van der Waals surface area contributed by atoms with Gasteiger partial charge in [0, 0.05) is 7.11 Å². The van der Waals surface area contributed by atoms with E-state index in [0.717, 1.165) is 0 Å². The molecule has 12 nitrogen and oxygen atoms in total. The fourth-order valence-electron chi connectivity index (χ4n) is 3.51. The number of aliphatic imine (C=N–C) groups is 1. The Balaban J connectivity index is 2.38. The molecule has 0 saturated carbocycles. The van der Waals surface area contributed by atoms with Gasteiger partial charge >= 0.3 is 7.82 Å². The van der Waals surface area contributed by atoms with Crippen molar-refractivity contribution >= 4 is 19.5 Å². The number of hydrogen-bond donors (Lipinski definition) is 4. The molecule has 0 aliphatic carbocycles. The third-order valence-electron chi connectivity index (χ3n) is 4.93. The van der Waals surface area contributed by atoms with E-state index in [1.165, 1.54) is 13.4 Å². The minimum atomic E-state index is -4.36. The monoisotopic (exact) mass is 476 g/mol. The molecular formula is C19H37N6O6P. The maximum atomic E-state index is 12.5. The van der Waals surface area contributed by atoms with Crippen LogP contribution < -0.4 is 17.2 Å². The zero-order chi connectivity index (χ0) is 24.2. The van der Waals surface area contributed by atoms with E-state index in [9.17, 15) is 9.46 Å². The van der Waals surface area contributed by atoms with Gasteiger partial charge in [0.05, 0.1) is 24.7 Å². The summed E-state index contributed by atoms with van der Waals surface area (Å²) < 4.78 is 36.5. The normalized spacial score (nSPS) is 27.2. The molecule has 1 aliphatic rings. The van der Waals surface area contributed by atoms with Crippen molar-refractivity contribution in [1.29, 1.82) is 0 Å². The zero-order valence-electron chi connectivity index (χ0n) is 19.5. The number of rotatable bonds is 11. The van der Waals surface area contributed by atoms with Crippen molar-refractivity contribution in [2.45, 2.75) is 84.3 Å². The predicted octanol–water partition coefficient (Wildman–Crippen LogP) is 1.73. The van der Waals surface area contributed by atoms with Crippen LogP contribution in [0, 0.1) is 5.92 Å². The summed E-state index contributed by atoms with van der Waals surface area (Å²) in [5.74, 6) is 0.538. The van der Waals surface area contributed by atoms with E-state index in [2.05, 4.69) is 9.98 Å². The molecule has 1 fully saturated rings. The lowest BCUT2D eigenvalue weighted by molar-refractivity contribution is -0.0528. The molecule has 2 unspecified atom stereocenters. The molecule has 32 heavy (non-hydrogen) atoms. The molecule has 2 heterocycles. The Morgan fingerprint density at radius 1 is 1.38 bits per heavy atom. The second-order valence-electron chi connectivity index (χ2n) is 8.46. The van der Waals surface area contributed by atoms with E-state index in [0.29, 0.717) is 12.8 Å². The van der Waals surface area contributed by atoms with E-state index >= 15 is 0 Å². The van der Waals surface area contributed by atoms with Gasteiger partial charge in [-0.2, -0.15) is 0 Å². The Kier molecular flexibility index (Phi) is 9.24. The standard InChI is InChI=1S/C19H37N6O6P/c1-7-13(20)24-17(21)14-18(22)25(9-23-14)19-16(28-6)15(12(29-19)8-10(2)3)31-32(26,27)30-11(4)5/h9-13,15-16,19H,7-8,20,22H2,1-6H3,(H2,21,24)(H,26,27)/t12-,13?,15+,16+,19-/m1/s1. The lowest BCUT2D eigenvalue weighted by atomic mass is 10.0. The molecule has 0 aromatic carbocycles. The number of imidazole rings is 1. The first-order chi connectivity index (χ1) is 14.9. The number of nitrogen functional groups attached to an aromatic ring is 1. The molecule has 13 heteroatoms. The summed E-state index contributed by atoms with van der Waals surface area (Å²) in [6.07, 6.45) is -1.33. The summed E-state index contributed by atoms with van der Waals surface area (Å²) in [6.45, 7) is 9.19. The molecule has 6 atom stereocenters. The van der Waals surface area contributed by atoms with Gasteiger partial charge in [0.1, 0.15) is 29.6 Å². The Morgan fingerprint density at radius 2 is 2.03 bits per heavy atom. The van der Waals surface area contributed by atoms with Crippen LogP contribution >= 0.6 is 7.82 Å². The summed E-state index contributed by atoms with van der Waals surface area (Å²) >= 11 is 0. The van der Waals surface area contributed by atoms with Crippen LogP contribution in [0.1, 0.15) is 59.4 Å². The first-order valence-electron chi connectivity index (χ1n) is 10.7. The van der Waals surface area contributed by atoms with Gasteiger partial charge in [-0.15, -0.1) is 0 Å². The number of nitrogens with zero attached hydrogens (tertiary/aromatic N) is 3. The summed E-state index contributed by atoms with van der Waals surface area (Å²) in [4.78, 5) is 18.7. The highest BCUT2D eigenvalue weighted by atomic mass is 31.2. The topological polar surface area (TPSA) is 182 Å². The smallest absolute Gasteiger partial charge is 0.383 e. The van der Waals surface area contributed by atoms with Crippen LogP contribution in [0.5, 0.6) is 0 Å². The van der Waals surface area contributed by atoms with Crippen LogP contribution in [-0.2, 0) is 23.1 Å². The summed E-state index contributed by atoms with van der Waals surface area (Å²) in [6, 6.07) is 0. The first kappa shape index (κ1) is 26.7. The maximum absolute atomic E-state index is 12.5. The number of anilines is 1. The first-order valence-corrected chi connectivity index (χ1v) is 12.2. The molecule has 0 amide bonds. The van der Waals surface area contributed by atoms with Gasteiger partial charge in [-0.25, -0.2) is 14.5 Å². The third kappa shape index (κ3) is 6.50. The molecule has 1 saturated heterocycles. The van der Waals surface area contributed by atoms with Gasteiger partial charge in [0.2, 0.25) is 0 Å². The van der Waals surface area contributed by atoms with Gasteiger partial charge in [0.15, 0.2) is 6.23 Å². The Morgan fingerprint density at radius 3 is 2.56 bits per heavy atom. The average molecular weight is 477 g/mol. The van der Waals surface area contributed by atoms with E-state index in [4.69, 9.17) is 35.7 Å². The second kappa shape index (κ2) is 11.1. The van der Waals surface area contributed by atoms with Gasteiger partial charge in [-0.3, -0.25) is 13.6 Å². The fraction of sp³-hybridized carbons (Fsp3) is 0.789. The molecule has 0 spiro atoms. The number of phosphoric ester groups is 1. The van der Waals surface area contributed by atoms with E-state index in [1.807, 2.05) is 20.8 Å². The third-order valence-corrected chi connectivity index (χ3v) is 6.13. The minimum absolute atomic E-state index is 0.110. The van der Waals surface area contributed by atoms with Crippen LogP contribution in [0.25, 0.3) is 0 Å². The van der Waals surface area contributed by atoms with Crippen molar-refractivity contribution in [3.8, 4) is 0 Å². The Hall–Kier alpha value is -1.53. The molecular weight excluding hydrogens is 439 g/mol. The Labute approximate surface area is 189 Å². The van der Waals surface area contributed by atoms with Gasteiger partial charge < -0.3 is 31.6 Å². The number of hydrogen-bond acceptors (Lipinski definition) is 9. The number of nitrogens with two attached hydrogens (primary N) is 3. The van der Waals surface area contributed by atoms with Gasteiger partial charge in [-0.05, 0) is 32.6 Å². The highest BCUT2D eigenvalue weighted by Gasteiger charge is 2.50. The van der Waals surface area contributed by atoms with Crippen LogP contribution in [0.4, 0.5) is 5.82 Å². The molecule has 1 aliphatic heterocycles. The quantitative estimate of drug-likeness (QED) is 0.208. The Bertz CT molecular complexity index is 831. The molecule has 1 aromatic heterocycles.